The SMILES string of the molecule is CCNC(=NCc1ncc(C(C)(C)C)o1)NC1CCCN(c2ccc(C)cc2)C1. The van der Waals surface area contributed by atoms with Crippen LogP contribution in [0.25, 0.3) is 0 Å². The minimum absolute atomic E-state index is 0.0424. The molecule has 1 fully saturated rings. The third kappa shape index (κ3) is 5.99. The van der Waals surface area contributed by atoms with E-state index in [0.29, 0.717) is 18.5 Å². The second-order valence-corrected chi connectivity index (χ2v) is 8.83. The Morgan fingerprint density at radius 1 is 1.28 bits per heavy atom. The van der Waals surface area contributed by atoms with Crippen molar-refractivity contribution in [3.63, 3.8) is 0 Å². The largest absolute Gasteiger partial charge is 0.443 e. The molecule has 1 aliphatic rings. The number of oxazole rings is 1. The number of aliphatic imine (C=N–C) groups is 1. The Hall–Kier alpha value is -2.50. The standard InChI is InChI=1S/C23H35N5O/c1-6-24-22(26-15-21-25-14-20(29-21)23(3,4)5)27-18-8-7-13-28(16-18)19-11-9-17(2)10-12-19/h9-12,14,18H,6-8,13,15-16H2,1-5H3,(H2,24,26,27). The molecular formula is C23H35N5O. The molecule has 1 saturated heterocycles. The summed E-state index contributed by atoms with van der Waals surface area (Å²) < 4.78 is 5.87. The van der Waals surface area contributed by atoms with E-state index in [1.54, 1.807) is 0 Å². The van der Waals surface area contributed by atoms with Crippen molar-refractivity contribution in [2.24, 2.45) is 4.99 Å². The highest BCUT2D eigenvalue weighted by Gasteiger charge is 2.22. The summed E-state index contributed by atoms with van der Waals surface area (Å²) in [7, 11) is 0. The topological polar surface area (TPSA) is 65.7 Å². The van der Waals surface area contributed by atoms with Crippen LogP contribution < -0.4 is 15.5 Å². The molecule has 0 aliphatic carbocycles. The van der Waals surface area contributed by atoms with Gasteiger partial charge in [-0.3, -0.25) is 0 Å². The van der Waals surface area contributed by atoms with Gasteiger partial charge in [0.15, 0.2) is 5.96 Å². The maximum Gasteiger partial charge on any atom is 0.216 e. The van der Waals surface area contributed by atoms with Crippen LogP contribution in [0.1, 0.15) is 57.8 Å². The molecule has 1 aromatic carbocycles. The number of aromatic nitrogens is 1. The van der Waals surface area contributed by atoms with Crippen molar-refractivity contribution in [3.8, 4) is 0 Å². The van der Waals surface area contributed by atoms with Crippen LogP contribution in [0.2, 0.25) is 0 Å². The second-order valence-electron chi connectivity index (χ2n) is 8.83. The number of benzene rings is 1. The predicted octanol–water partition coefficient (Wildman–Crippen LogP) is 4.00. The fraction of sp³-hybridized carbons (Fsp3) is 0.565. The van der Waals surface area contributed by atoms with Gasteiger partial charge in [0.2, 0.25) is 5.89 Å². The van der Waals surface area contributed by atoms with Gasteiger partial charge >= 0.3 is 0 Å². The Morgan fingerprint density at radius 2 is 2.03 bits per heavy atom. The predicted molar refractivity (Wildman–Crippen MR) is 120 cm³/mol. The Morgan fingerprint density at radius 3 is 2.69 bits per heavy atom. The average Bonchev–Trinajstić information content (AvgIpc) is 3.17. The first-order chi connectivity index (χ1) is 13.8. The van der Waals surface area contributed by atoms with Crippen molar-refractivity contribution in [1.82, 2.24) is 15.6 Å². The van der Waals surface area contributed by atoms with Crippen LogP contribution in [-0.2, 0) is 12.0 Å². The third-order valence-electron chi connectivity index (χ3n) is 5.17. The smallest absolute Gasteiger partial charge is 0.216 e. The zero-order valence-corrected chi connectivity index (χ0v) is 18.5. The van der Waals surface area contributed by atoms with Gasteiger partial charge in [0.25, 0.3) is 0 Å². The van der Waals surface area contributed by atoms with Crippen molar-refractivity contribution in [2.45, 2.75) is 65.5 Å². The Balaban J connectivity index is 1.62. The molecule has 1 atom stereocenters. The van der Waals surface area contributed by atoms with E-state index in [1.807, 2.05) is 6.20 Å². The van der Waals surface area contributed by atoms with Crippen LogP contribution >= 0.6 is 0 Å². The summed E-state index contributed by atoms with van der Waals surface area (Å²) in [5.41, 5.74) is 2.54. The minimum Gasteiger partial charge on any atom is -0.443 e. The summed E-state index contributed by atoms with van der Waals surface area (Å²) >= 11 is 0. The van der Waals surface area contributed by atoms with Gasteiger partial charge in [0.05, 0.1) is 6.20 Å². The van der Waals surface area contributed by atoms with Gasteiger partial charge in [-0.1, -0.05) is 38.5 Å². The highest BCUT2D eigenvalue weighted by atomic mass is 16.4. The van der Waals surface area contributed by atoms with Crippen molar-refractivity contribution in [1.29, 1.82) is 0 Å². The van der Waals surface area contributed by atoms with Crippen molar-refractivity contribution in [3.05, 3.63) is 47.7 Å². The normalized spacial score (nSPS) is 18.0. The summed E-state index contributed by atoms with van der Waals surface area (Å²) in [6, 6.07) is 9.15. The molecule has 0 bridgehead atoms. The number of guanidine groups is 1. The molecule has 2 N–H and O–H groups in total. The first kappa shape index (κ1) is 21.2. The Bertz CT molecular complexity index is 803. The molecule has 6 heteroatoms. The summed E-state index contributed by atoms with van der Waals surface area (Å²) in [6.07, 6.45) is 4.12. The van der Waals surface area contributed by atoms with Crippen LogP contribution in [0.4, 0.5) is 5.69 Å². The molecule has 1 aliphatic heterocycles. The third-order valence-corrected chi connectivity index (χ3v) is 5.17. The lowest BCUT2D eigenvalue weighted by atomic mass is 9.94. The van der Waals surface area contributed by atoms with E-state index in [1.165, 1.54) is 17.7 Å². The monoisotopic (exact) mass is 397 g/mol. The van der Waals surface area contributed by atoms with Crippen LogP contribution in [0.3, 0.4) is 0 Å². The molecule has 0 amide bonds. The highest BCUT2D eigenvalue weighted by molar-refractivity contribution is 5.80. The summed E-state index contributed by atoms with van der Waals surface area (Å²) in [5, 5.41) is 6.95. The van der Waals surface area contributed by atoms with E-state index in [2.05, 4.69) is 79.4 Å². The lowest BCUT2D eigenvalue weighted by Gasteiger charge is -2.35. The molecule has 158 valence electrons. The lowest BCUT2D eigenvalue weighted by molar-refractivity contribution is 0.383. The van der Waals surface area contributed by atoms with Crippen molar-refractivity contribution in [2.75, 3.05) is 24.5 Å². The maximum atomic E-state index is 5.87. The number of nitrogens with zero attached hydrogens (tertiary/aromatic N) is 3. The summed E-state index contributed by atoms with van der Waals surface area (Å²) in [4.78, 5) is 11.5. The van der Waals surface area contributed by atoms with E-state index in [4.69, 9.17) is 9.41 Å². The van der Waals surface area contributed by atoms with E-state index in [9.17, 15) is 0 Å². The lowest BCUT2D eigenvalue weighted by Crippen LogP contribution is -2.51. The molecule has 0 saturated carbocycles. The number of aryl methyl sites for hydroxylation is 1. The van der Waals surface area contributed by atoms with Crippen LogP contribution in [0.5, 0.6) is 0 Å². The van der Waals surface area contributed by atoms with E-state index < -0.39 is 0 Å². The Labute approximate surface area is 174 Å². The fourth-order valence-electron chi connectivity index (χ4n) is 3.48. The first-order valence-corrected chi connectivity index (χ1v) is 10.7. The molecule has 1 aromatic heterocycles. The summed E-state index contributed by atoms with van der Waals surface area (Å²) in [6.45, 7) is 13.9. The molecule has 0 radical (unpaired) electrons. The van der Waals surface area contributed by atoms with Gasteiger partial charge in [0.1, 0.15) is 12.3 Å². The number of piperidine rings is 1. The molecule has 3 rings (SSSR count). The summed E-state index contributed by atoms with van der Waals surface area (Å²) in [5.74, 6) is 2.36. The number of anilines is 1. The molecule has 29 heavy (non-hydrogen) atoms. The van der Waals surface area contributed by atoms with Gasteiger partial charge in [-0.25, -0.2) is 9.98 Å². The van der Waals surface area contributed by atoms with Crippen molar-refractivity contribution >= 4 is 11.6 Å². The maximum absolute atomic E-state index is 5.87. The van der Waals surface area contributed by atoms with Gasteiger partial charge in [0, 0.05) is 36.8 Å². The van der Waals surface area contributed by atoms with Crippen LogP contribution in [0.15, 0.2) is 39.9 Å². The molecular weight excluding hydrogens is 362 g/mol. The van der Waals surface area contributed by atoms with E-state index in [-0.39, 0.29) is 5.41 Å². The van der Waals surface area contributed by atoms with Gasteiger partial charge in [-0.2, -0.15) is 0 Å². The Kier molecular flexibility index (Phi) is 6.83. The molecule has 2 aromatic rings. The number of rotatable bonds is 5. The van der Waals surface area contributed by atoms with Gasteiger partial charge < -0.3 is 20.0 Å². The quantitative estimate of drug-likeness (QED) is 0.590. The van der Waals surface area contributed by atoms with E-state index in [0.717, 1.165) is 37.8 Å². The zero-order chi connectivity index (χ0) is 20.9. The average molecular weight is 398 g/mol. The van der Waals surface area contributed by atoms with Crippen LogP contribution in [-0.4, -0.2) is 36.6 Å². The minimum atomic E-state index is -0.0424. The van der Waals surface area contributed by atoms with Crippen LogP contribution in [0, 0.1) is 6.92 Å². The highest BCUT2D eigenvalue weighted by Crippen LogP contribution is 2.23. The molecule has 0 spiro atoms. The zero-order valence-electron chi connectivity index (χ0n) is 18.5. The number of hydrogen-bond acceptors (Lipinski definition) is 4. The second kappa shape index (κ2) is 9.33. The van der Waals surface area contributed by atoms with Gasteiger partial charge in [-0.15, -0.1) is 0 Å². The first-order valence-electron chi connectivity index (χ1n) is 10.7. The fourth-order valence-corrected chi connectivity index (χ4v) is 3.48. The van der Waals surface area contributed by atoms with Crippen molar-refractivity contribution < 1.29 is 4.42 Å². The van der Waals surface area contributed by atoms with Gasteiger partial charge in [-0.05, 0) is 38.8 Å². The number of hydrogen-bond donors (Lipinski definition) is 2. The number of nitrogens with one attached hydrogen (secondary N) is 2. The molecule has 1 unspecified atom stereocenters. The molecule has 6 nitrogen and oxygen atoms in total. The molecule has 2 heterocycles. The van der Waals surface area contributed by atoms with E-state index >= 15 is 0 Å².